The van der Waals surface area contributed by atoms with Gasteiger partial charge in [-0.3, -0.25) is 4.79 Å². The maximum Gasteiger partial charge on any atom is 0.224 e. The van der Waals surface area contributed by atoms with Gasteiger partial charge >= 0.3 is 0 Å². The van der Waals surface area contributed by atoms with Crippen LogP contribution < -0.4 is 10.6 Å². The molecular formula is C17H29IN4O2. The van der Waals surface area contributed by atoms with Gasteiger partial charge in [-0.2, -0.15) is 0 Å². The van der Waals surface area contributed by atoms with E-state index in [0.717, 1.165) is 31.7 Å². The van der Waals surface area contributed by atoms with Crippen molar-refractivity contribution >= 4 is 35.8 Å². The van der Waals surface area contributed by atoms with Crippen molar-refractivity contribution in [3.63, 3.8) is 0 Å². The van der Waals surface area contributed by atoms with Crippen LogP contribution in [-0.4, -0.2) is 42.4 Å². The number of furan rings is 1. The minimum Gasteiger partial charge on any atom is -0.467 e. The Kier molecular flexibility index (Phi) is 9.82. The number of carbonyl (C=O) groups excluding carboxylic acids is 1. The molecule has 1 saturated heterocycles. The third kappa shape index (κ3) is 6.70. The number of hydrogen-bond acceptors (Lipinski definition) is 3. The predicted molar refractivity (Wildman–Crippen MR) is 107 cm³/mol. The summed E-state index contributed by atoms with van der Waals surface area (Å²) in [6.07, 6.45) is 5.61. The van der Waals surface area contributed by atoms with Gasteiger partial charge in [0.05, 0.1) is 6.26 Å². The molecule has 1 aliphatic heterocycles. The van der Waals surface area contributed by atoms with E-state index < -0.39 is 0 Å². The molecule has 2 heterocycles. The van der Waals surface area contributed by atoms with Crippen molar-refractivity contribution in [3.05, 3.63) is 24.2 Å². The van der Waals surface area contributed by atoms with E-state index in [0.29, 0.717) is 31.5 Å². The maximum atomic E-state index is 12.3. The van der Waals surface area contributed by atoms with Gasteiger partial charge in [-0.25, -0.2) is 4.99 Å². The van der Waals surface area contributed by atoms with Gasteiger partial charge < -0.3 is 20.0 Å². The number of amides is 1. The van der Waals surface area contributed by atoms with Crippen LogP contribution in [0.1, 0.15) is 45.3 Å². The number of nitrogens with one attached hydrogen (secondary N) is 2. The summed E-state index contributed by atoms with van der Waals surface area (Å²) >= 11 is 0. The van der Waals surface area contributed by atoms with Crippen LogP contribution in [0.25, 0.3) is 0 Å². The minimum atomic E-state index is 0. The lowest BCUT2D eigenvalue weighted by Crippen LogP contribution is -2.44. The van der Waals surface area contributed by atoms with Gasteiger partial charge in [0.2, 0.25) is 5.91 Å². The van der Waals surface area contributed by atoms with Crippen LogP contribution in [0.2, 0.25) is 0 Å². The first kappa shape index (κ1) is 20.8. The van der Waals surface area contributed by atoms with Gasteiger partial charge in [0.1, 0.15) is 12.3 Å². The zero-order chi connectivity index (χ0) is 16.5. The molecule has 1 atom stereocenters. The molecule has 0 spiro atoms. The molecule has 2 rings (SSSR count). The van der Waals surface area contributed by atoms with Crippen LogP contribution in [0.3, 0.4) is 0 Å². The predicted octanol–water partition coefficient (Wildman–Crippen LogP) is 2.74. The molecule has 0 aromatic carbocycles. The lowest BCUT2D eigenvalue weighted by Gasteiger charge is -2.33. The van der Waals surface area contributed by atoms with Crippen molar-refractivity contribution in [1.29, 1.82) is 0 Å². The maximum absolute atomic E-state index is 12.3. The van der Waals surface area contributed by atoms with E-state index >= 15 is 0 Å². The van der Waals surface area contributed by atoms with Gasteiger partial charge in [0.25, 0.3) is 0 Å². The van der Waals surface area contributed by atoms with E-state index in [1.54, 1.807) is 6.26 Å². The van der Waals surface area contributed by atoms with Crippen molar-refractivity contribution in [2.24, 2.45) is 4.99 Å². The third-order valence-corrected chi connectivity index (χ3v) is 4.07. The van der Waals surface area contributed by atoms with Crippen LogP contribution in [0.5, 0.6) is 0 Å². The average Bonchev–Trinajstić information content (AvgIpc) is 3.06. The molecule has 136 valence electrons. The van der Waals surface area contributed by atoms with Crippen LogP contribution >= 0.6 is 24.0 Å². The molecule has 0 saturated carbocycles. The Morgan fingerprint density at radius 2 is 2.25 bits per heavy atom. The fourth-order valence-corrected chi connectivity index (χ4v) is 2.80. The molecule has 0 aliphatic carbocycles. The average molecular weight is 448 g/mol. The minimum absolute atomic E-state index is 0. The van der Waals surface area contributed by atoms with E-state index in [-0.39, 0.29) is 29.9 Å². The molecule has 6 nitrogen and oxygen atoms in total. The molecule has 1 unspecified atom stereocenters. The van der Waals surface area contributed by atoms with E-state index in [9.17, 15) is 4.79 Å². The smallest absolute Gasteiger partial charge is 0.224 e. The number of piperidine rings is 1. The quantitative estimate of drug-likeness (QED) is 0.399. The van der Waals surface area contributed by atoms with Crippen LogP contribution in [-0.2, 0) is 11.3 Å². The Bertz CT molecular complexity index is 505. The fraction of sp³-hybridized carbons (Fsp3) is 0.647. The van der Waals surface area contributed by atoms with E-state index in [2.05, 4.69) is 22.5 Å². The molecule has 1 amide bonds. The highest BCUT2D eigenvalue weighted by molar-refractivity contribution is 14.0. The Hall–Kier alpha value is -1.25. The highest BCUT2D eigenvalue weighted by Gasteiger charge is 2.22. The zero-order valence-corrected chi connectivity index (χ0v) is 16.9. The largest absolute Gasteiger partial charge is 0.467 e. The van der Waals surface area contributed by atoms with Crippen LogP contribution in [0.4, 0.5) is 0 Å². The summed E-state index contributed by atoms with van der Waals surface area (Å²) in [6, 6.07) is 4.12. The summed E-state index contributed by atoms with van der Waals surface area (Å²) in [5.74, 6) is 1.76. The van der Waals surface area contributed by atoms with Crippen LogP contribution in [0, 0.1) is 0 Å². The first-order chi connectivity index (χ1) is 11.2. The summed E-state index contributed by atoms with van der Waals surface area (Å²) in [5.41, 5.74) is 0. The number of aliphatic imine (C=N–C) groups is 1. The number of carbonyl (C=O) groups is 1. The number of guanidine groups is 1. The number of rotatable bonds is 6. The summed E-state index contributed by atoms with van der Waals surface area (Å²) in [4.78, 5) is 18.8. The number of likely N-dealkylation sites (tertiary alicyclic amines) is 1. The molecular weight excluding hydrogens is 419 g/mol. The number of halogens is 1. The Balaban J connectivity index is 0.00000288. The van der Waals surface area contributed by atoms with Gasteiger partial charge in [-0.05, 0) is 45.2 Å². The lowest BCUT2D eigenvalue weighted by atomic mass is 10.0. The number of nitrogens with zero attached hydrogens (tertiary/aromatic N) is 2. The van der Waals surface area contributed by atoms with Crippen molar-refractivity contribution in [2.75, 3.05) is 19.6 Å². The van der Waals surface area contributed by atoms with Crippen molar-refractivity contribution in [2.45, 2.75) is 52.1 Å². The van der Waals surface area contributed by atoms with Gasteiger partial charge in [-0.15, -0.1) is 24.0 Å². The second-order valence-corrected chi connectivity index (χ2v) is 5.88. The SMILES string of the molecule is CCNC(=NCc1ccco1)NCCC(=O)N1CCCCC1C.I. The van der Waals surface area contributed by atoms with Crippen molar-refractivity contribution < 1.29 is 9.21 Å². The molecule has 0 radical (unpaired) electrons. The van der Waals surface area contributed by atoms with Crippen molar-refractivity contribution in [3.8, 4) is 0 Å². The molecule has 2 N–H and O–H groups in total. The highest BCUT2D eigenvalue weighted by atomic mass is 127. The first-order valence-corrected chi connectivity index (χ1v) is 8.54. The summed E-state index contributed by atoms with van der Waals surface area (Å²) in [7, 11) is 0. The van der Waals surface area contributed by atoms with E-state index in [4.69, 9.17) is 4.42 Å². The molecule has 0 bridgehead atoms. The molecule has 1 aliphatic rings. The van der Waals surface area contributed by atoms with E-state index in [1.165, 1.54) is 6.42 Å². The summed E-state index contributed by atoms with van der Waals surface area (Å²) in [6.45, 7) is 6.91. The van der Waals surface area contributed by atoms with Crippen molar-refractivity contribution in [1.82, 2.24) is 15.5 Å². The van der Waals surface area contributed by atoms with Gasteiger partial charge in [-0.1, -0.05) is 0 Å². The standard InChI is InChI=1S/C17H28N4O2.HI/c1-3-18-17(20-13-15-8-6-12-23-15)19-10-9-16(22)21-11-5-4-7-14(21)2;/h6,8,12,14H,3-5,7,9-11,13H2,1-2H3,(H2,18,19,20);1H. The topological polar surface area (TPSA) is 69.9 Å². The Morgan fingerprint density at radius 3 is 2.92 bits per heavy atom. The van der Waals surface area contributed by atoms with E-state index in [1.807, 2.05) is 24.0 Å². The molecule has 1 fully saturated rings. The summed E-state index contributed by atoms with van der Waals surface area (Å²) < 4.78 is 5.27. The molecule has 1 aromatic rings. The molecule has 24 heavy (non-hydrogen) atoms. The first-order valence-electron chi connectivity index (χ1n) is 8.54. The highest BCUT2D eigenvalue weighted by Crippen LogP contribution is 2.16. The number of hydrogen-bond donors (Lipinski definition) is 2. The lowest BCUT2D eigenvalue weighted by molar-refractivity contribution is -0.134. The van der Waals surface area contributed by atoms with Crippen LogP contribution in [0.15, 0.2) is 27.8 Å². The molecule has 1 aromatic heterocycles. The van der Waals surface area contributed by atoms with Gasteiger partial charge in [0, 0.05) is 32.1 Å². The Labute approximate surface area is 161 Å². The van der Waals surface area contributed by atoms with Gasteiger partial charge in [0.15, 0.2) is 5.96 Å². The normalized spacial score (nSPS) is 18.0. The third-order valence-electron chi connectivity index (χ3n) is 4.07. The second kappa shape index (κ2) is 11.3. The zero-order valence-electron chi connectivity index (χ0n) is 14.6. The second-order valence-electron chi connectivity index (χ2n) is 5.88. The fourth-order valence-electron chi connectivity index (χ4n) is 2.80. The molecule has 7 heteroatoms. The monoisotopic (exact) mass is 448 g/mol. The Morgan fingerprint density at radius 1 is 1.42 bits per heavy atom. The summed E-state index contributed by atoms with van der Waals surface area (Å²) in [5, 5.41) is 6.40.